The zero-order valence-electron chi connectivity index (χ0n) is 11.1. The van der Waals surface area contributed by atoms with Crippen molar-refractivity contribution in [1.82, 2.24) is 9.80 Å². The number of rotatable bonds is 3. The highest BCUT2D eigenvalue weighted by Crippen LogP contribution is 2.16. The van der Waals surface area contributed by atoms with E-state index in [4.69, 9.17) is 10.2 Å². The van der Waals surface area contributed by atoms with Crippen molar-refractivity contribution < 1.29 is 9.21 Å². The van der Waals surface area contributed by atoms with E-state index < -0.39 is 0 Å². The Kier molecular flexibility index (Phi) is 4.04. The highest BCUT2D eigenvalue weighted by atomic mass is 16.4. The first-order valence-corrected chi connectivity index (χ1v) is 6.48. The van der Waals surface area contributed by atoms with Gasteiger partial charge in [-0.1, -0.05) is 6.92 Å². The van der Waals surface area contributed by atoms with Crippen LogP contribution in [0, 0.1) is 0 Å². The van der Waals surface area contributed by atoms with Gasteiger partial charge < -0.3 is 20.0 Å². The van der Waals surface area contributed by atoms with Crippen molar-refractivity contribution in [3.63, 3.8) is 0 Å². The lowest BCUT2D eigenvalue weighted by Crippen LogP contribution is -2.48. The standard InChI is InChI=1S/C13H21N3O2/c1-3-15-6-8-16(9-7-15)13(17)12-5-4-11(18-12)10(2)14/h4-5,10H,3,6-9,14H2,1-2H3. The van der Waals surface area contributed by atoms with Gasteiger partial charge in [0.2, 0.25) is 0 Å². The van der Waals surface area contributed by atoms with Crippen molar-refractivity contribution in [3.8, 4) is 0 Å². The third kappa shape index (κ3) is 2.73. The quantitative estimate of drug-likeness (QED) is 0.873. The average Bonchev–Trinajstić information content (AvgIpc) is 2.88. The summed E-state index contributed by atoms with van der Waals surface area (Å²) in [4.78, 5) is 16.4. The normalized spacial score (nSPS) is 18.9. The molecule has 5 heteroatoms. The third-order valence-electron chi connectivity index (χ3n) is 3.39. The number of amides is 1. The molecule has 100 valence electrons. The fraction of sp³-hybridized carbons (Fsp3) is 0.615. The molecular weight excluding hydrogens is 230 g/mol. The van der Waals surface area contributed by atoms with Crippen LogP contribution >= 0.6 is 0 Å². The molecular formula is C13H21N3O2. The fourth-order valence-electron chi connectivity index (χ4n) is 2.14. The first kappa shape index (κ1) is 13.1. The van der Waals surface area contributed by atoms with Gasteiger partial charge in [0.25, 0.3) is 5.91 Å². The molecule has 0 saturated carbocycles. The molecule has 1 amide bonds. The number of nitrogens with two attached hydrogens (primary N) is 1. The maximum absolute atomic E-state index is 12.2. The maximum Gasteiger partial charge on any atom is 0.289 e. The highest BCUT2D eigenvalue weighted by molar-refractivity contribution is 5.91. The summed E-state index contributed by atoms with van der Waals surface area (Å²) < 4.78 is 5.48. The lowest BCUT2D eigenvalue weighted by molar-refractivity contribution is 0.0610. The molecule has 1 saturated heterocycles. The Morgan fingerprint density at radius 3 is 2.56 bits per heavy atom. The average molecular weight is 251 g/mol. The smallest absolute Gasteiger partial charge is 0.289 e. The first-order chi connectivity index (χ1) is 8.61. The zero-order chi connectivity index (χ0) is 13.1. The molecule has 18 heavy (non-hydrogen) atoms. The van der Waals surface area contributed by atoms with E-state index in [0.717, 1.165) is 32.7 Å². The van der Waals surface area contributed by atoms with Crippen LogP contribution in [0.1, 0.15) is 36.2 Å². The minimum absolute atomic E-state index is 0.0300. The van der Waals surface area contributed by atoms with Crippen LogP contribution in [0.5, 0.6) is 0 Å². The number of carbonyl (C=O) groups excluding carboxylic acids is 1. The van der Waals surface area contributed by atoms with Gasteiger partial charge in [0.15, 0.2) is 5.76 Å². The van der Waals surface area contributed by atoms with Crippen LogP contribution in [0.25, 0.3) is 0 Å². The third-order valence-corrected chi connectivity index (χ3v) is 3.39. The van der Waals surface area contributed by atoms with Gasteiger partial charge >= 0.3 is 0 Å². The summed E-state index contributed by atoms with van der Waals surface area (Å²) in [6.07, 6.45) is 0. The van der Waals surface area contributed by atoms with Crippen molar-refractivity contribution in [1.29, 1.82) is 0 Å². The summed E-state index contributed by atoms with van der Waals surface area (Å²) in [6, 6.07) is 3.32. The molecule has 0 aromatic carbocycles. The van der Waals surface area contributed by atoms with Crippen LogP contribution in [0.4, 0.5) is 0 Å². The summed E-state index contributed by atoms with van der Waals surface area (Å²) in [5, 5.41) is 0. The topological polar surface area (TPSA) is 62.7 Å². The molecule has 1 atom stereocenters. The summed E-state index contributed by atoms with van der Waals surface area (Å²) >= 11 is 0. The molecule has 1 fully saturated rings. The molecule has 0 radical (unpaired) electrons. The van der Waals surface area contributed by atoms with Crippen LogP contribution < -0.4 is 5.73 Å². The summed E-state index contributed by atoms with van der Waals surface area (Å²) in [7, 11) is 0. The Morgan fingerprint density at radius 1 is 1.39 bits per heavy atom. The molecule has 1 aliphatic heterocycles. The van der Waals surface area contributed by atoms with E-state index in [2.05, 4.69) is 11.8 Å². The SMILES string of the molecule is CCN1CCN(C(=O)c2ccc(C(C)N)o2)CC1. The maximum atomic E-state index is 12.2. The molecule has 1 aliphatic rings. The predicted molar refractivity (Wildman–Crippen MR) is 69.3 cm³/mol. The van der Waals surface area contributed by atoms with Crippen LogP contribution in [0.3, 0.4) is 0 Å². The molecule has 0 bridgehead atoms. The number of likely N-dealkylation sites (N-methyl/N-ethyl adjacent to an activating group) is 1. The Labute approximate surface area is 108 Å². The number of piperazine rings is 1. The Balaban J connectivity index is 1.98. The highest BCUT2D eigenvalue weighted by Gasteiger charge is 2.23. The van der Waals surface area contributed by atoms with Gasteiger partial charge in [0.05, 0.1) is 6.04 Å². The van der Waals surface area contributed by atoms with Gasteiger partial charge in [-0.3, -0.25) is 4.79 Å². The Hall–Kier alpha value is -1.33. The van der Waals surface area contributed by atoms with E-state index >= 15 is 0 Å². The summed E-state index contributed by atoms with van der Waals surface area (Å²) in [5.74, 6) is 1.02. The lowest BCUT2D eigenvalue weighted by atomic mass is 10.2. The molecule has 1 aromatic heterocycles. The van der Waals surface area contributed by atoms with Gasteiger partial charge in [-0.05, 0) is 25.6 Å². The summed E-state index contributed by atoms with van der Waals surface area (Å²) in [6.45, 7) is 8.41. The van der Waals surface area contributed by atoms with E-state index in [-0.39, 0.29) is 11.9 Å². The van der Waals surface area contributed by atoms with Crippen molar-refractivity contribution >= 4 is 5.91 Å². The lowest BCUT2D eigenvalue weighted by Gasteiger charge is -2.33. The number of furan rings is 1. The second-order valence-electron chi connectivity index (χ2n) is 4.72. The monoisotopic (exact) mass is 251 g/mol. The number of hydrogen-bond donors (Lipinski definition) is 1. The van der Waals surface area contributed by atoms with Gasteiger partial charge in [-0.2, -0.15) is 0 Å². The largest absolute Gasteiger partial charge is 0.454 e. The molecule has 2 N–H and O–H groups in total. The van der Waals surface area contributed by atoms with Gasteiger partial charge in [0, 0.05) is 26.2 Å². The second kappa shape index (κ2) is 5.54. The second-order valence-corrected chi connectivity index (χ2v) is 4.72. The van der Waals surface area contributed by atoms with Crippen LogP contribution in [-0.4, -0.2) is 48.4 Å². The van der Waals surface area contributed by atoms with E-state index in [0.29, 0.717) is 11.5 Å². The number of nitrogens with zero attached hydrogens (tertiary/aromatic N) is 2. The molecule has 2 heterocycles. The predicted octanol–water partition coefficient (Wildman–Crippen LogP) is 1.08. The Morgan fingerprint density at radius 2 is 2.06 bits per heavy atom. The van der Waals surface area contributed by atoms with Crippen molar-refractivity contribution in [2.24, 2.45) is 5.73 Å². The Bertz CT molecular complexity index is 406. The van der Waals surface area contributed by atoms with Gasteiger partial charge in [0.1, 0.15) is 5.76 Å². The zero-order valence-corrected chi connectivity index (χ0v) is 11.1. The number of hydrogen-bond acceptors (Lipinski definition) is 4. The van der Waals surface area contributed by atoms with Crippen molar-refractivity contribution in [3.05, 3.63) is 23.7 Å². The molecule has 0 aliphatic carbocycles. The number of carbonyl (C=O) groups is 1. The minimum atomic E-state index is -0.177. The molecule has 5 nitrogen and oxygen atoms in total. The summed E-state index contributed by atoms with van der Waals surface area (Å²) in [5.41, 5.74) is 5.72. The minimum Gasteiger partial charge on any atom is -0.454 e. The van der Waals surface area contributed by atoms with Crippen molar-refractivity contribution in [2.75, 3.05) is 32.7 Å². The van der Waals surface area contributed by atoms with E-state index in [1.54, 1.807) is 12.1 Å². The molecule has 0 spiro atoms. The van der Waals surface area contributed by atoms with Gasteiger partial charge in [-0.25, -0.2) is 0 Å². The van der Waals surface area contributed by atoms with Crippen LogP contribution in [-0.2, 0) is 0 Å². The van der Waals surface area contributed by atoms with E-state index in [1.807, 2.05) is 11.8 Å². The fourth-order valence-corrected chi connectivity index (χ4v) is 2.14. The van der Waals surface area contributed by atoms with Gasteiger partial charge in [-0.15, -0.1) is 0 Å². The molecule has 1 unspecified atom stereocenters. The first-order valence-electron chi connectivity index (χ1n) is 6.48. The molecule has 1 aromatic rings. The van der Waals surface area contributed by atoms with Crippen molar-refractivity contribution in [2.45, 2.75) is 19.9 Å². The molecule has 2 rings (SSSR count). The van der Waals surface area contributed by atoms with E-state index in [1.165, 1.54) is 0 Å². The van der Waals surface area contributed by atoms with Crippen LogP contribution in [0.2, 0.25) is 0 Å². The van der Waals surface area contributed by atoms with E-state index in [9.17, 15) is 4.79 Å². The van der Waals surface area contributed by atoms with Crippen LogP contribution in [0.15, 0.2) is 16.5 Å².